The maximum absolute atomic E-state index is 12.5. The second kappa shape index (κ2) is 7.31. The zero-order valence-corrected chi connectivity index (χ0v) is 14.0. The molecule has 1 N–H and O–H groups in total. The Balaban J connectivity index is 1.77. The van der Waals surface area contributed by atoms with Crippen LogP contribution in [0.5, 0.6) is 0 Å². The molecular formula is C18H17N3O2S. The molecule has 1 aliphatic heterocycles. The van der Waals surface area contributed by atoms with Gasteiger partial charge in [0.25, 0.3) is 0 Å². The first kappa shape index (κ1) is 16.3. The van der Waals surface area contributed by atoms with Crippen LogP contribution < -0.4 is 5.32 Å². The van der Waals surface area contributed by atoms with Crippen molar-refractivity contribution in [2.45, 2.75) is 11.7 Å². The van der Waals surface area contributed by atoms with E-state index in [2.05, 4.69) is 10.3 Å². The van der Waals surface area contributed by atoms with Crippen molar-refractivity contribution in [1.29, 1.82) is 0 Å². The van der Waals surface area contributed by atoms with Crippen molar-refractivity contribution in [2.24, 2.45) is 4.99 Å². The van der Waals surface area contributed by atoms with E-state index in [-0.39, 0.29) is 18.2 Å². The number of benzene rings is 2. The number of rotatable bonds is 3. The lowest BCUT2D eigenvalue weighted by Gasteiger charge is -2.28. The highest BCUT2D eigenvalue weighted by molar-refractivity contribution is 8.15. The number of hydrogen-bond acceptors (Lipinski definition) is 4. The Labute approximate surface area is 144 Å². The van der Waals surface area contributed by atoms with Gasteiger partial charge in [-0.25, -0.2) is 4.99 Å². The first-order valence-corrected chi connectivity index (χ1v) is 8.44. The van der Waals surface area contributed by atoms with Gasteiger partial charge in [0.2, 0.25) is 11.8 Å². The first-order valence-electron chi connectivity index (χ1n) is 7.56. The quantitative estimate of drug-likeness (QED) is 0.933. The third kappa shape index (κ3) is 3.83. The molecule has 1 fully saturated rings. The van der Waals surface area contributed by atoms with Crippen molar-refractivity contribution in [2.75, 3.05) is 12.4 Å². The fraction of sp³-hybridized carbons (Fsp3) is 0.167. The molecule has 2 aromatic carbocycles. The van der Waals surface area contributed by atoms with Crippen LogP contribution in [0.25, 0.3) is 0 Å². The monoisotopic (exact) mass is 339 g/mol. The van der Waals surface area contributed by atoms with Crippen LogP contribution in [0.4, 0.5) is 11.4 Å². The van der Waals surface area contributed by atoms with Gasteiger partial charge >= 0.3 is 0 Å². The van der Waals surface area contributed by atoms with Gasteiger partial charge in [-0.1, -0.05) is 48.2 Å². The number of carbonyl (C=O) groups excluding carboxylic acids is 2. The normalized spacial score (nSPS) is 19.4. The Morgan fingerprint density at radius 2 is 1.75 bits per heavy atom. The van der Waals surface area contributed by atoms with Gasteiger partial charge in [0.05, 0.1) is 5.69 Å². The van der Waals surface area contributed by atoms with Crippen LogP contribution in [-0.4, -0.2) is 34.2 Å². The van der Waals surface area contributed by atoms with E-state index in [1.807, 2.05) is 60.7 Å². The second-order valence-electron chi connectivity index (χ2n) is 5.35. The van der Waals surface area contributed by atoms with Crippen molar-refractivity contribution in [3.05, 3.63) is 60.7 Å². The Morgan fingerprint density at radius 3 is 2.42 bits per heavy atom. The van der Waals surface area contributed by atoms with Gasteiger partial charge in [0, 0.05) is 19.2 Å². The molecule has 2 aromatic rings. The minimum Gasteiger partial charge on any atom is -0.325 e. The summed E-state index contributed by atoms with van der Waals surface area (Å²) in [6.45, 7) is 0. The van der Waals surface area contributed by atoms with Crippen LogP contribution in [0.1, 0.15) is 6.42 Å². The number of nitrogens with one attached hydrogen (secondary N) is 1. The fourth-order valence-corrected chi connectivity index (χ4v) is 3.32. The number of aliphatic imine (C=N–C) groups is 1. The van der Waals surface area contributed by atoms with Crippen molar-refractivity contribution in [3.63, 3.8) is 0 Å². The first-order chi connectivity index (χ1) is 11.6. The highest BCUT2D eigenvalue weighted by atomic mass is 32.2. The summed E-state index contributed by atoms with van der Waals surface area (Å²) in [5.74, 6) is -0.301. The number of anilines is 1. The van der Waals surface area contributed by atoms with Gasteiger partial charge in [-0.2, -0.15) is 0 Å². The molecule has 0 aromatic heterocycles. The lowest BCUT2D eigenvalue weighted by molar-refractivity contribution is -0.128. The highest BCUT2D eigenvalue weighted by Gasteiger charge is 2.34. The summed E-state index contributed by atoms with van der Waals surface area (Å²) in [5.41, 5.74) is 1.47. The standard InChI is InChI=1S/C18H17N3O2S/c1-21-16(22)12-15(17(23)19-13-8-4-2-5-9-13)24-18(21)20-14-10-6-3-7-11-14/h2-11,15H,12H2,1H3,(H,19,23)/t15-/m0/s1. The van der Waals surface area contributed by atoms with Crippen molar-refractivity contribution < 1.29 is 9.59 Å². The number of para-hydroxylation sites is 2. The molecule has 0 saturated carbocycles. The zero-order valence-electron chi connectivity index (χ0n) is 13.2. The summed E-state index contributed by atoms with van der Waals surface area (Å²) < 4.78 is 0. The maximum atomic E-state index is 12.5. The Kier molecular flexibility index (Phi) is 4.96. The average Bonchev–Trinajstić information content (AvgIpc) is 2.60. The van der Waals surface area contributed by atoms with Crippen LogP contribution >= 0.6 is 11.8 Å². The average molecular weight is 339 g/mol. The lowest BCUT2D eigenvalue weighted by Crippen LogP contribution is -2.43. The molecule has 1 aliphatic rings. The van der Waals surface area contributed by atoms with Gasteiger partial charge in [-0.05, 0) is 24.3 Å². The lowest BCUT2D eigenvalue weighted by atomic mass is 10.2. The molecule has 24 heavy (non-hydrogen) atoms. The minimum absolute atomic E-state index is 0.114. The molecule has 0 unspecified atom stereocenters. The summed E-state index contributed by atoms with van der Waals surface area (Å²) in [4.78, 5) is 30.7. The van der Waals surface area contributed by atoms with Gasteiger partial charge in [0.1, 0.15) is 5.25 Å². The van der Waals surface area contributed by atoms with E-state index in [0.29, 0.717) is 5.17 Å². The minimum atomic E-state index is -0.489. The smallest absolute Gasteiger partial charge is 0.238 e. The molecule has 5 nitrogen and oxygen atoms in total. The van der Waals surface area contributed by atoms with Crippen LogP contribution in [0, 0.1) is 0 Å². The number of nitrogens with zero attached hydrogens (tertiary/aromatic N) is 2. The molecule has 0 bridgehead atoms. The van der Waals surface area contributed by atoms with Crippen molar-refractivity contribution >= 4 is 40.1 Å². The summed E-state index contributed by atoms with van der Waals surface area (Å²) in [6, 6.07) is 18.6. The number of carbonyl (C=O) groups is 2. The summed E-state index contributed by atoms with van der Waals surface area (Å²) in [7, 11) is 1.68. The van der Waals surface area contributed by atoms with E-state index < -0.39 is 5.25 Å². The molecule has 0 spiro atoms. The van der Waals surface area contributed by atoms with E-state index in [9.17, 15) is 9.59 Å². The topological polar surface area (TPSA) is 61.8 Å². The van der Waals surface area contributed by atoms with E-state index in [0.717, 1.165) is 11.4 Å². The second-order valence-corrected chi connectivity index (χ2v) is 6.52. The molecule has 3 rings (SSSR count). The van der Waals surface area contributed by atoms with Crippen LogP contribution in [0.3, 0.4) is 0 Å². The van der Waals surface area contributed by atoms with E-state index in [4.69, 9.17) is 0 Å². The van der Waals surface area contributed by atoms with E-state index in [1.54, 1.807) is 7.05 Å². The van der Waals surface area contributed by atoms with Gasteiger partial charge in [0.15, 0.2) is 5.17 Å². The van der Waals surface area contributed by atoms with E-state index >= 15 is 0 Å². The summed E-state index contributed by atoms with van der Waals surface area (Å²) >= 11 is 1.31. The Bertz CT molecular complexity index is 762. The summed E-state index contributed by atoms with van der Waals surface area (Å²) in [5, 5.41) is 2.89. The van der Waals surface area contributed by atoms with Crippen LogP contribution in [0.15, 0.2) is 65.7 Å². The molecule has 1 heterocycles. The predicted molar refractivity (Wildman–Crippen MR) is 97.4 cm³/mol. The largest absolute Gasteiger partial charge is 0.325 e. The van der Waals surface area contributed by atoms with Crippen molar-refractivity contribution in [3.8, 4) is 0 Å². The van der Waals surface area contributed by atoms with Gasteiger partial charge in [-0.15, -0.1) is 0 Å². The van der Waals surface area contributed by atoms with Crippen molar-refractivity contribution in [1.82, 2.24) is 4.90 Å². The van der Waals surface area contributed by atoms with Crippen LogP contribution in [-0.2, 0) is 9.59 Å². The van der Waals surface area contributed by atoms with E-state index in [1.165, 1.54) is 16.7 Å². The molecule has 2 amide bonds. The molecule has 6 heteroatoms. The molecule has 1 atom stereocenters. The Hall–Kier alpha value is -2.60. The van der Waals surface area contributed by atoms with Crippen LogP contribution in [0.2, 0.25) is 0 Å². The molecule has 0 radical (unpaired) electrons. The number of thioether (sulfide) groups is 1. The zero-order chi connectivity index (χ0) is 16.9. The third-order valence-corrected chi connectivity index (χ3v) is 4.82. The third-order valence-electron chi connectivity index (χ3n) is 3.58. The number of amides is 2. The highest BCUT2D eigenvalue weighted by Crippen LogP contribution is 2.28. The van der Waals surface area contributed by atoms with Gasteiger partial charge in [-0.3, -0.25) is 14.5 Å². The SMILES string of the molecule is CN1C(=O)C[C@@H](C(=O)Nc2ccccc2)SC1=Nc1ccccc1. The number of amidine groups is 1. The fourth-order valence-electron chi connectivity index (χ4n) is 2.25. The molecule has 0 aliphatic carbocycles. The molecular weight excluding hydrogens is 322 g/mol. The maximum Gasteiger partial charge on any atom is 0.238 e. The number of hydrogen-bond donors (Lipinski definition) is 1. The van der Waals surface area contributed by atoms with Gasteiger partial charge < -0.3 is 5.32 Å². The summed E-state index contributed by atoms with van der Waals surface area (Å²) in [6.07, 6.45) is 0.160. The molecule has 122 valence electrons. The predicted octanol–water partition coefficient (Wildman–Crippen LogP) is 3.28. The Morgan fingerprint density at radius 1 is 1.12 bits per heavy atom. The molecule has 1 saturated heterocycles.